The summed E-state index contributed by atoms with van der Waals surface area (Å²) in [6.07, 6.45) is 18.3. The molecular formula is C27H52O4S2. The second-order valence-electron chi connectivity index (χ2n) is 9.94. The second-order valence-corrected chi connectivity index (χ2v) is 12.4. The molecule has 0 aliphatic carbocycles. The van der Waals surface area contributed by atoms with E-state index in [9.17, 15) is 0 Å². The van der Waals surface area contributed by atoms with E-state index in [1.165, 1.54) is 88.6 Å². The quantitative estimate of drug-likeness (QED) is 0.158. The molecule has 4 nitrogen and oxygen atoms in total. The van der Waals surface area contributed by atoms with Crippen LogP contribution in [0.15, 0.2) is 0 Å². The summed E-state index contributed by atoms with van der Waals surface area (Å²) < 4.78 is 24.2. The highest BCUT2D eigenvalue weighted by molar-refractivity contribution is 7.99. The molecule has 0 N–H and O–H groups in total. The molecule has 0 atom stereocenters. The minimum atomic E-state index is -0.107. The fourth-order valence-electron chi connectivity index (χ4n) is 4.29. The van der Waals surface area contributed by atoms with Crippen LogP contribution < -0.4 is 0 Å². The third kappa shape index (κ3) is 14.0. The largest absolute Gasteiger partial charge is 0.352 e. The van der Waals surface area contributed by atoms with E-state index in [4.69, 9.17) is 18.9 Å². The second kappa shape index (κ2) is 19.7. The van der Waals surface area contributed by atoms with E-state index in [1.54, 1.807) is 0 Å². The van der Waals surface area contributed by atoms with Gasteiger partial charge in [-0.15, -0.1) is 0 Å². The average Bonchev–Trinajstić information content (AvgIpc) is 2.84. The summed E-state index contributed by atoms with van der Waals surface area (Å²) in [6, 6.07) is 0. The smallest absolute Gasteiger partial charge is 0.158 e. The van der Waals surface area contributed by atoms with E-state index in [0.717, 1.165) is 24.3 Å². The maximum Gasteiger partial charge on any atom is 0.158 e. The van der Waals surface area contributed by atoms with E-state index in [2.05, 4.69) is 13.8 Å². The van der Waals surface area contributed by atoms with Gasteiger partial charge in [0.1, 0.15) is 0 Å². The van der Waals surface area contributed by atoms with Crippen LogP contribution in [0, 0.1) is 5.41 Å². The minimum absolute atomic E-state index is 0.0521. The topological polar surface area (TPSA) is 36.9 Å². The van der Waals surface area contributed by atoms with Crippen molar-refractivity contribution in [3.63, 3.8) is 0 Å². The van der Waals surface area contributed by atoms with Crippen LogP contribution in [0.5, 0.6) is 0 Å². The number of hydrogen-bond donors (Lipinski definition) is 0. The van der Waals surface area contributed by atoms with Crippen molar-refractivity contribution in [3.8, 4) is 0 Å². The highest BCUT2D eigenvalue weighted by Crippen LogP contribution is 2.32. The van der Waals surface area contributed by atoms with Gasteiger partial charge in [-0.2, -0.15) is 23.5 Å². The van der Waals surface area contributed by atoms with Crippen LogP contribution in [-0.4, -0.2) is 62.0 Å². The summed E-state index contributed by atoms with van der Waals surface area (Å²) in [5, 5.41) is 0. The molecule has 2 heterocycles. The molecule has 0 bridgehead atoms. The van der Waals surface area contributed by atoms with Gasteiger partial charge in [0.15, 0.2) is 12.6 Å². The molecule has 2 aliphatic rings. The van der Waals surface area contributed by atoms with E-state index >= 15 is 0 Å². The molecule has 2 fully saturated rings. The van der Waals surface area contributed by atoms with Crippen LogP contribution in [0.2, 0.25) is 0 Å². The van der Waals surface area contributed by atoms with Crippen molar-refractivity contribution >= 4 is 23.5 Å². The Kier molecular flexibility index (Phi) is 17.8. The Hall–Kier alpha value is 0.540. The van der Waals surface area contributed by atoms with Gasteiger partial charge < -0.3 is 18.9 Å². The van der Waals surface area contributed by atoms with Gasteiger partial charge in [-0.05, 0) is 35.9 Å². The zero-order valence-electron chi connectivity index (χ0n) is 21.7. The van der Waals surface area contributed by atoms with Gasteiger partial charge in [-0.25, -0.2) is 0 Å². The zero-order chi connectivity index (χ0) is 23.5. The maximum atomic E-state index is 6.04. The Bertz CT molecular complexity index is 392. The van der Waals surface area contributed by atoms with Crippen LogP contribution in [0.3, 0.4) is 0 Å². The fraction of sp³-hybridized carbons (Fsp3) is 1.00. The summed E-state index contributed by atoms with van der Waals surface area (Å²) >= 11 is 4.09. The van der Waals surface area contributed by atoms with Crippen LogP contribution in [0.4, 0.5) is 0 Å². The summed E-state index contributed by atoms with van der Waals surface area (Å²) in [4.78, 5) is 0. The van der Waals surface area contributed by atoms with E-state index < -0.39 is 0 Å². The molecule has 0 aromatic rings. The zero-order valence-corrected chi connectivity index (χ0v) is 23.3. The first kappa shape index (κ1) is 29.8. The van der Waals surface area contributed by atoms with Crippen LogP contribution in [-0.2, 0) is 18.9 Å². The van der Waals surface area contributed by atoms with Crippen molar-refractivity contribution in [1.82, 2.24) is 0 Å². The Morgan fingerprint density at radius 3 is 1.27 bits per heavy atom. The number of rotatable bonds is 20. The van der Waals surface area contributed by atoms with Crippen LogP contribution in [0.25, 0.3) is 0 Å². The third-order valence-corrected chi connectivity index (χ3v) is 8.79. The SMILES string of the molecule is CCCCCCCCSCCC1OCC2(CO1)COC(CCSCCCCCCCC)OC2. The van der Waals surface area contributed by atoms with Crippen LogP contribution in [0.1, 0.15) is 104 Å². The van der Waals surface area contributed by atoms with Crippen molar-refractivity contribution in [3.05, 3.63) is 0 Å². The standard InChI is InChI=1S/C27H52O4S2/c1-3-5-7-9-11-13-17-32-19-15-25-28-21-27(22-29-25)23-30-26(31-24-27)16-20-33-18-14-12-10-8-6-4-2/h25-26H,3-24H2,1-2H3. The third-order valence-electron chi connectivity index (χ3n) is 6.58. The van der Waals surface area contributed by atoms with Gasteiger partial charge in [0.25, 0.3) is 0 Å². The van der Waals surface area contributed by atoms with Crippen molar-refractivity contribution in [2.24, 2.45) is 5.41 Å². The normalized spacial score (nSPS) is 25.6. The van der Waals surface area contributed by atoms with Crippen LogP contribution >= 0.6 is 23.5 Å². The Labute approximate surface area is 213 Å². The van der Waals surface area contributed by atoms with Gasteiger partial charge in [-0.3, -0.25) is 0 Å². The molecule has 0 saturated carbocycles. The number of hydrogen-bond acceptors (Lipinski definition) is 6. The van der Waals surface area contributed by atoms with Gasteiger partial charge in [0, 0.05) is 12.8 Å². The molecule has 196 valence electrons. The van der Waals surface area contributed by atoms with E-state index in [-0.39, 0.29) is 18.0 Å². The number of ether oxygens (including phenoxy) is 4. The number of unbranched alkanes of at least 4 members (excludes halogenated alkanes) is 10. The lowest BCUT2D eigenvalue weighted by Crippen LogP contribution is -2.52. The summed E-state index contributed by atoms with van der Waals surface area (Å²) in [6.45, 7) is 7.32. The summed E-state index contributed by atoms with van der Waals surface area (Å²) in [5.41, 5.74) is -0.107. The van der Waals surface area contributed by atoms with Gasteiger partial charge in [0.2, 0.25) is 0 Å². The lowest BCUT2D eigenvalue weighted by Gasteiger charge is -2.43. The van der Waals surface area contributed by atoms with Gasteiger partial charge >= 0.3 is 0 Å². The van der Waals surface area contributed by atoms with E-state index in [0.29, 0.717) is 26.4 Å². The molecule has 33 heavy (non-hydrogen) atoms. The molecule has 0 amide bonds. The first-order valence-corrected chi connectivity index (χ1v) is 16.2. The average molecular weight is 505 g/mol. The Morgan fingerprint density at radius 2 is 0.879 bits per heavy atom. The molecule has 0 radical (unpaired) electrons. The molecule has 0 aromatic carbocycles. The first-order chi connectivity index (χ1) is 16.3. The molecule has 2 saturated heterocycles. The number of thioether (sulfide) groups is 2. The molecule has 2 rings (SSSR count). The molecule has 2 aliphatic heterocycles. The van der Waals surface area contributed by atoms with E-state index in [1.807, 2.05) is 23.5 Å². The van der Waals surface area contributed by atoms with Crippen molar-refractivity contribution in [2.75, 3.05) is 49.4 Å². The van der Waals surface area contributed by atoms with Crippen molar-refractivity contribution < 1.29 is 18.9 Å². The molecule has 1 spiro atoms. The molecule has 0 unspecified atom stereocenters. The highest BCUT2D eigenvalue weighted by atomic mass is 32.2. The first-order valence-electron chi connectivity index (χ1n) is 13.9. The molecule has 0 aromatic heterocycles. The lowest BCUT2D eigenvalue weighted by atomic mass is 9.90. The molecule has 6 heteroatoms. The van der Waals surface area contributed by atoms with Crippen molar-refractivity contribution in [1.29, 1.82) is 0 Å². The maximum absolute atomic E-state index is 6.04. The molecular weight excluding hydrogens is 452 g/mol. The minimum Gasteiger partial charge on any atom is -0.352 e. The monoisotopic (exact) mass is 504 g/mol. The highest BCUT2D eigenvalue weighted by Gasteiger charge is 2.41. The Morgan fingerprint density at radius 1 is 0.515 bits per heavy atom. The predicted octanol–water partition coefficient (Wildman–Crippen LogP) is 7.69. The van der Waals surface area contributed by atoms with Crippen molar-refractivity contribution in [2.45, 2.75) is 116 Å². The lowest BCUT2D eigenvalue weighted by molar-refractivity contribution is -0.302. The Balaban J connectivity index is 1.41. The van der Waals surface area contributed by atoms with Gasteiger partial charge in [-0.1, -0.05) is 78.1 Å². The van der Waals surface area contributed by atoms with Gasteiger partial charge in [0.05, 0.1) is 31.8 Å². The summed E-state index contributed by atoms with van der Waals surface area (Å²) in [7, 11) is 0. The fourth-order valence-corrected chi connectivity index (χ4v) is 6.23. The predicted molar refractivity (Wildman–Crippen MR) is 144 cm³/mol. The summed E-state index contributed by atoms with van der Waals surface area (Å²) in [5.74, 6) is 4.78.